The van der Waals surface area contributed by atoms with Gasteiger partial charge in [0.25, 0.3) is 5.69 Å². The number of nitro groups is 1. The summed E-state index contributed by atoms with van der Waals surface area (Å²) in [4.78, 5) is 35.4. The Morgan fingerprint density at radius 2 is 1.92 bits per heavy atom. The molecular weight excluding hydrogens is 508 g/mol. The average Bonchev–Trinajstić information content (AvgIpc) is 3.27. The molecular formula is C23H25ClN6O5S. The summed E-state index contributed by atoms with van der Waals surface area (Å²) in [7, 11) is 1.58. The van der Waals surface area contributed by atoms with E-state index in [9.17, 15) is 19.7 Å². The Morgan fingerprint density at radius 3 is 2.56 bits per heavy atom. The standard InChI is InChI=1S/C23H25ClN6O5S/c1-4-29-22(14(2)25-20(31)11-15-5-8-17(35-3)9-6-15)27-28-23(29)36-13-21(32)26-19-12-16(30(33)34)7-10-18(19)24/h5-10,12,14H,4,11,13H2,1-3H3,(H,25,31)(H,26,32). The number of ether oxygens (including phenoxy) is 1. The molecule has 1 heterocycles. The Hall–Kier alpha value is -3.64. The van der Waals surface area contributed by atoms with Crippen molar-refractivity contribution in [3.8, 4) is 5.75 Å². The summed E-state index contributed by atoms with van der Waals surface area (Å²) in [5, 5.41) is 25.5. The van der Waals surface area contributed by atoms with Gasteiger partial charge in [0, 0.05) is 18.7 Å². The van der Waals surface area contributed by atoms with Crippen LogP contribution in [0.1, 0.15) is 31.3 Å². The third-order valence-corrected chi connectivity index (χ3v) is 6.41. The number of methoxy groups -OCH3 is 1. The predicted molar refractivity (Wildman–Crippen MR) is 136 cm³/mol. The summed E-state index contributed by atoms with van der Waals surface area (Å²) in [5.74, 6) is 0.687. The number of hydrogen-bond acceptors (Lipinski definition) is 8. The van der Waals surface area contributed by atoms with Crippen LogP contribution in [-0.2, 0) is 22.6 Å². The molecule has 2 amide bonds. The van der Waals surface area contributed by atoms with E-state index in [4.69, 9.17) is 16.3 Å². The number of thioether (sulfide) groups is 1. The Labute approximate surface area is 216 Å². The van der Waals surface area contributed by atoms with Crippen LogP contribution in [0.15, 0.2) is 47.6 Å². The van der Waals surface area contributed by atoms with Gasteiger partial charge in [0.05, 0.1) is 41.0 Å². The summed E-state index contributed by atoms with van der Waals surface area (Å²) in [6, 6.07) is 10.7. The van der Waals surface area contributed by atoms with E-state index < -0.39 is 16.9 Å². The number of hydrogen-bond donors (Lipinski definition) is 2. The second-order valence-electron chi connectivity index (χ2n) is 7.66. The number of carbonyl (C=O) groups is 2. The van der Waals surface area contributed by atoms with Crippen LogP contribution in [0.25, 0.3) is 0 Å². The number of rotatable bonds is 11. The van der Waals surface area contributed by atoms with Crippen LogP contribution in [0, 0.1) is 10.1 Å². The molecule has 190 valence electrons. The van der Waals surface area contributed by atoms with E-state index in [1.54, 1.807) is 19.2 Å². The Balaban J connectivity index is 1.59. The first-order chi connectivity index (χ1) is 17.2. The molecule has 0 radical (unpaired) electrons. The maximum atomic E-state index is 12.5. The molecule has 0 aliphatic rings. The van der Waals surface area contributed by atoms with E-state index in [0.717, 1.165) is 23.1 Å². The molecule has 36 heavy (non-hydrogen) atoms. The highest BCUT2D eigenvalue weighted by Gasteiger charge is 2.20. The molecule has 3 rings (SSSR count). The van der Waals surface area contributed by atoms with Crippen molar-refractivity contribution in [3.05, 3.63) is 69.0 Å². The van der Waals surface area contributed by atoms with Gasteiger partial charge in [-0.1, -0.05) is 35.5 Å². The lowest BCUT2D eigenvalue weighted by atomic mass is 10.1. The number of amides is 2. The van der Waals surface area contributed by atoms with Crippen LogP contribution < -0.4 is 15.4 Å². The van der Waals surface area contributed by atoms with Crippen molar-refractivity contribution >= 4 is 46.6 Å². The van der Waals surface area contributed by atoms with Gasteiger partial charge in [0.2, 0.25) is 11.8 Å². The molecule has 0 spiro atoms. The van der Waals surface area contributed by atoms with Gasteiger partial charge in [-0.3, -0.25) is 19.7 Å². The molecule has 2 N–H and O–H groups in total. The highest BCUT2D eigenvalue weighted by Crippen LogP contribution is 2.27. The summed E-state index contributed by atoms with van der Waals surface area (Å²) in [5.41, 5.74) is 0.826. The van der Waals surface area contributed by atoms with Crippen molar-refractivity contribution in [2.45, 2.75) is 38.0 Å². The number of aromatic nitrogens is 3. The lowest BCUT2D eigenvalue weighted by molar-refractivity contribution is -0.384. The zero-order valence-electron chi connectivity index (χ0n) is 19.9. The number of anilines is 1. The van der Waals surface area contributed by atoms with Crippen molar-refractivity contribution in [2.24, 2.45) is 0 Å². The summed E-state index contributed by atoms with van der Waals surface area (Å²) < 4.78 is 6.95. The molecule has 13 heteroatoms. The second-order valence-corrected chi connectivity index (χ2v) is 9.01. The first-order valence-corrected chi connectivity index (χ1v) is 12.3. The molecule has 1 aromatic heterocycles. The number of nitrogens with zero attached hydrogens (tertiary/aromatic N) is 4. The van der Waals surface area contributed by atoms with E-state index >= 15 is 0 Å². The zero-order valence-corrected chi connectivity index (χ0v) is 21.4. The molecule has 11 nitrogen and oxygen atoms in total. The van der Waals surface area contributed by atoms with E-state index in [0.29, 0.717) is 17.5 Å². The summed E-state index contributed by atoms with van der Waals surface area (Å²) in [6.07, 6.45) is 0.205. The Kier molecular flexibility index (Phi) is 9.25. The molecule has 1 unspecified atom stereocenters. The minimum atomic E-state index is -0.567. The van der Waals surface area contributed by atoms with Crippen LogP contribution in [0.3, 0.4) is 0 Å². The second kappa shape index (κ2) is 12.4. The predicted octanol–water partition coefficient (Wildman–Crippen LogP) is 4.02. The number of nitrogens with one attached hydrogen (secondary N) is 2. The number of halogens is 1. The van der Waals surface area contributed by atoms with E-state index in [-0.39, 0.29) is 34.5 Å². The number of carbonyl (C=O) groups excluding carboxylic acids is 2. The van der Waals surface area contributed by atoms with Gasteiger partial charge in [0.1, 0.15) is 5.75 Å². The third kappa shape index (κ3) is 6.95. The van der Waals surface area contributed by atoms with Crippen LogP contribution in [-0.4, -0.2) is 44.4 Å². The van der Waals surface area contributed by atoms with Crippen LogP contribution in [0.5, 0.6) is 5.75 Å². The van der Waals surface area contributed by atoms with Crippen molar-refractivity contribution in [2.75, 3.05) is 18.2 Å². The maximum absolute atomic E-state index is 12.5. The highest BCUT2D eigenvalue weighted by atomic mass is 35.5. The zero-order chi connectivity index (χ0) is 26.2. The first kappa shape index (κ1) is 27.0. The van der Waals surface area contributed by atoms with Crippen molar-refractivity contribution in [3.63, 3.8) is 0 Å². The molecule has 1 atom stereocenters. The van der Waals surface area contributed by atoms with Gasteiger partial charge in [-0.25, -0.2) is 0 Å². The average molecular weight is 533 g/mol. The van der Waals surface area contributed by atoms with Crippen LogP contribution in [0.2, 0.25) is 5.02 Å². The van der Waals surface area contributed by atoms with Crippen molar-refractivity contribution in [1.29, 1.82) is 0 Å². The molecule has 0 saturated heterocycles. The van der Waals surface area contributed by atoms with Crippen LogP contribution >= 0.6 is 23.4 Å². The Morgan fingerprint density at radius 1 is 1.19 bits per heavy atom. The number of non-ortho nitro benzene ring substituents is 1. The van der Waals surface area contributed by atoms with Gasteiger partial charge >= 0.3 is 0 Å². The smallest absolute Gasteiger partial charge is 0.271 e. The molecule has 2 aromatic carbocycles. The molecule has 0 saturated carbocycles. The minimum Gasteiger partial charge on any atom is -0.497 e. The molecule has 0 aliphatic carbocycles. The number of benzene rings is 2. The summed E-state index contributed by atoms with van der Waals surface area (Å²) >= 11 is 7.20. The van der Waals surface area contributed by atoms with Crippen molar-refractivity contribution in [1.82, 2.24) is 20.1 Å². The van der Waals surface area contributed by atoms with E-state index in [1.807, 2.05) is 30.5 Å². The Bertz CT molecular complexity index is 1250. The van der Waals surface area contributed by atoms with Gasteiger partial charge in [-0.05, 0) is 37.6 Å². The maximum Gasteiger partial charge on any atom is 0.271 e. The monoisotopic (exact) mass is 532 g/mol. The fraction of sp³-hybridized carbons (Fsp3) is 0.304. The van der Waals surface area contributed by atoms with Crippen LogP contribution in [0.4, 0.5) is 11.4 Å². The summed E-state index contributed by atoms with van der Waals surface area (Å²) in [6.45, 7) is 4.25. The molecule has 0 aliphatic heterocycles. The first-order valence-electron chi connectivity index (χ1n) is 10.9. The van der Waals surface area contributed by atoms with Gasteiger partial charge in [-0.2, -0.15) is 0 Å². The SMILES string of the molecule is CCn1c(SCC(=O)Nc2cc([N+](=O)[O-])ccc2Cl)nnc1C(C)NC(=O)Cc1ccc(OC)cc1. The molecule has 0 bridgehead atoms. The quantitative estimate of drug-likeness (QED) is 0.214. The molecule has 3 aromatic rings. The van der Waals surface area contributed by atoms with Crippen molar-refractivity contribution < 1.29 is 19.2 Å². The normalized spacial score (nSPS) is 11.6. The molecule has 0 fully saturated rings. The van der Waals surface area contributed by atoms with Gasteiger partial charge in [-0.15, -0.1) is 10.2 Å². The van der Waals surface area contributed by atoms with Gasteiger partial charge in [0.15, 0.2) is 11.0 Å². The largest absolute Gasteiger partial charge is 0.497 e. The lowest BCUT2D eigenvalue weighted by Gasteiger charge is -2.15. The number of nitro benzene ring substituents is 1. The highest BCUT2D eigenvalue weighted by molar-refractivity contribution is 7.99. The van der Waals surface area contributed by atoms with Gasteiger partial charge < -0.3 is 19.9 Å². The fourth-order valence-corrected chi connectivity index (χ4v) is 4.32. The van der Waals surface area contributed by atoms with E-state index in [2.05, 4.69) is 20.8 Å². The topological polar surface area (TPSA) is 141 Å². The third-order valence-electron chi connectivity index (χ3n) is 5.12. The van der Waals surface area contributed by atoms with E-state index in [1.165, 1.54) is 18.2 Å². The fourth-order valence-electron chi connectivity index (χ4n) is 3.35. The minimum absolute atomic E-state index is 0.0185. The lowest BCUT2D eigenvalue weighted by Crippen LogP contribution is -2.30.